The molecule has 102 valence electrons. The summed E-state index contributed by atoms with van der Waals surface area (Å²) in [6.07, 6.45) is 0. The molecule has 3 aromatic rings. The highest BCUT2D eigenvalue weighted by Gasteiger charge is 2.07. The third-order valence-electron chi connectivity index (χ3n) is 2.44. The zero-order valence-electron chi connectivity index (χ0n) is 10.5. The second kappa shape index (κ2) is 5.17. The maximum Gasteiger partial charge on any atom is 0.275 e. The first-order valence-corrected chi connectivity index (χ1v) is 7.55. The Morgan fingerprint density at radius 1 is 1.35 bits per heavy atom. The van der Waals surface area contributed by atoms with Gasteiger partial charge in [0.25, 0.3) is 5.56 Å². The van der Waals surface area contributed by atoms with E-state index in [1.807, 2.05) is 6.92 Å². The fourth-order valence-corrected chi connectivity index (χ4v) is 3.09. The van der Waals surface area contributed by atoms with Gasteiger partial charge in [0.1, 0.15) is 11.3 Å². The maximum absolute atomic E-state index is 11.8. The van der Waals surface area contributed by atoms with Crippen molar-refractivity contribution in [3.8, 4) is 0 Å². The molecule has 0 unspecified atom stereocenters. The van der Waals surface area contributed by atoms with Crippen LogP contribution in [0, 0.1) is 6.92 Å². The Kier molecular flexibility index (Phi) is 3.36. The molecule has 0 atom stereocenters. The lowest BCUT2D eigenvalue weighted by Gasteiger charge is -2.02. The van der Waals surface area contributed by atoms with E-state index >= 15 is 0 Å². The monoisotopic (exact) mass is 306 g/mol. The normalized spacial score (nSPS) is 11.1. The summed E-state index contributed by atoms with van der Waals surface area (Å²) in [5, 5.41) is 4.49. The Morgan fingerprint density at radius 3 is 3.00 bits per heavy atom. The van der Waals surface area contributed by atoms with Crippen LogP contribution in [0.2, 0.25) is 0 Å². The average molecular weight is 306 g/mol. The van der Waals surface area contributed by atoms with Gasteiger partial charge in [-0.1, -0.05) is 23.1 Å². The minimum atomic E-state index is -0.184. The van der Waals surface area contributed by atoms with Crippen molar-refractivity contribution in [2.24, 2.45) is 0 Å². The molecule has 0 saturated heterocycles. The number of aromatic nitrogens is 5. The van der Waals surface area contributed by atoms with E-state index in [0.717, 1.165) is 5.69 Å². The molecule has 0 amide bonds. The van der Waals surface area contributed by atoms with Crippen molar-refractivity contribution in [2.75, 3.05) is 5.73 Å². The summed E-state index contributed by atoms with van der Waals surface area (Å²) in [6.45, 7) is 1.86. The van der Waals surface area contributed by atoms with Crippen LogP contribution < -0.4 is 11.3 Å². The van der Waals surface area contributed by atoms with Crippen LogP contribution in [-0.2, 0) is 5.75 Å². The maximum atomic E-state index is 11.8. The number of hydrogen-bond donors (Lipinski definition) is 1. The van der Waals surface area contributed by atoms with Crippen LogP contribution >= 0.6 is 23.1 Å². The summed E-state index contributed by atoms with van der Waals surface area (Å²) in [4.78, 5) is 25.1. The third-order valence-corrected chi connectivity index (χ3v) is 4.00. The minimum Gasteiger partial charge on any atom is -0.384 e. The lowest BCUT2D eigenvalue weighted by Crippen LogP contribution is -2.14. The van der Waals surface area contributed by atoms with Crippen LogP contribution in [-0.4, -0.2) is 24.6 Å². The molecule has 2 N–H and O–H groups in total. The number of nitrogens with zero attached hydrogens (tertiary/aromatic N) is 5. The van der Waals surface area contributed by atoms with Crippen molar-refractivity contribution in [1.82, 2.24) is 24.6 Å². The fourth-order valence-electron chi connectivity index (χ4n) is 1.64. The number of nitrogen functional groups attached to an aromatic ring is 1. The highest BCUT2D eigenvalue weighted by molar-refractivity contribution is 7.98. The molecule has 0 bridgehead atoms. The van der Waals surface area contributed by atoms with Gasteiger partial charge in [-0.25, -0.2) is 15.0 Å². The highest BCUT2D eigenvalue weighted by Crippen LogP contribution is 2.19. The van der Waals surface area contributed by atoms with E-state index in [4.69, 9.17) is 5.73 Å². The van der Waals surface area contributed by atoms with Gasteiger partial charge in [-0.2, -0.15) is 9.61 Å². The molecule has 9 heteroatoms. The molecule has 0 aliphatic carbocycles. The van der Waals surface area contributed by atoms with Gasteiger partial charge in [0.05, 0.1) is 5.69 Å². The first-order chi connectivity index (χ1) is 9.61. The van der Waals surface area contributed by atoms with Gasteiger partial charge in [-0.05, 0) is 6.92 Å². The first-order valence-electron chi connectivity index (χ1n) is 5.68. The summed E-state index contributed by atoms with van der Waals surface area (Å²) in [6, 6.07) is 3.18. The second-order valence-corrected chi connectivity index (χ2v) is 5.78. The highest BCUT2D eigenvalue weighted by atomic mass is 32.2. The van der Waals surface area contributed by atoms with Crippen molar-refractivity contribution < 1.29 is 0 Å². The van der Waals surface area contributed by atoms with Crippen LogP contribution in [0.1, 0.15) is 11.4 Å². The number of nitrogens with two attached hydrogens (primary N) is 1. The Balaban J connectivity index is 1.84. The molecule has 3 rings (SSSR count). The average Bonchev–Trinajstić information content (AvgIpc) is 2.84. The molecule has 3 aromatic heterocycles. The summed E-state index contributed by atoms with van der Waals surface area (Å²) in [7, 11) is 0. The molecule has 0 radical (unpaired) electrons. The Hall–Kier alpha value is -2.00. The quantitative estimate of drug-likeness (QED) is 0.572. The number of thioether (sulfide) groups is 1. The van der Waals surface area contributed by atoms with Crippen molar-refractivity contribution in [1.29, 1.82) is 0 Å². The van der Waals surface area contributed by atoms with Gasteiger partial charge in [0.15, 0.2) is 5.16 Å². The molecule has 0 aliphatic heterocycles. The zero-order valence-corrected chi connectivity index (χ0v) is 12.1. The van der Waals surface area contributed by atoms with E-state index in [1.54, 1.807) is 11.6 Å². The molecule has 3 heterocycles. The SMILES string of the molecule is Cc1cc(N)nc(SCc2cc(=O)n3ncsc3n2)n1. The molecule has 0 spiro atoms. The number of fused-ring (bicyclic) bond motifs is 1. The Labute approximate surface area is 121 Å². The minimum absolute atomic E-state index is 0.184. The predicted molar refractivity (Wildman–Crippen MR) is 77.9 cm³/mol. The second-order valence-electron chi connectivity index (χ2n) is 4.02. The molecule has 0 aromatic carbocycles. The van der Waals surface area contributed by atoms with Gasteiger partial charge in [-0.3, -0.25) is 4.79 Å². The van der Waals surface area contributed by atoms with Crippen molar-refractivity contribution in [3.63, 3.8) is 0 Å². The number of rotatable bonds is 3. The Morgan fingerprint density at radius 2 is 2.20 bits per heavy atom. The van der Waals surface area contributed by atoms with Crippen molar-refractivity contribution in [2.45, 2.75) is 17.8 Å². The molecule has 0 saturated carbocycles. The zero-order chi connectivity index (χ0) is 14.1. The number of anilines is 1. The molecule has 7 nitrogen and oxygen atoms in total. The van der Waals surface area contributed by atoms with Gasteiger partial charge in [0, 0.05) is 23.6 Å². The molecular formula is C11H10N6OS2. The summed E-state index contributed by atoms with van der Waals surface area (Å²) in [5.41, 5.74) is 8.56. The lowest BCUT2D eigenvalue weighted by atomic mass is 10.4. The summed E-state index contributed by atoms with van der Waals surface area (Å²) < 4.78 is 1.28. The summed E-state index contributed by atoms with van der Waals surface area (Å²) >= 11 is 2.72. The van der Waals surface area contributed by atoms with E-state index < -0.39 is 0 Å². The van der Waals surface area contributed by atoms with Crippen LogP contribution in [0.5, 0.6) is 0 Å². The van der Waals surface area contributed by atoms with Crippen LogP contribution in [0.4, 0.5) is 5.82 Å². The van der Waals surface area contributed by atoms with E-state index in [9.17, 15) is 4.79 Å². The number of hydrogen-bond acceptors (Lipinski definition) is 8. The molecular weight excluding hydrogens is 296 g/mol. The fraction of sp³-hybridized carbons (Fsp3) is 0.182. The van der Waals surface area contributed by atoms with E-state index in [-0.39, 0.29) is 5.56 Å². The van der Waals surface area contributed by atoms with Gasteiger partial charge >= 0.3 is 0 Å². The van der Waals surface area contributed by atoms with Gasteiger partial charge in [0.2, 0.25) is 4.96 Å². The van der Waals surface area contributed by atoms with Gasteiger partial charge in [-0.15, -0.1) is 0 Å². The van der Waals surface area contributed by atoms with Crippen LogP contribution in [0.25, 0.3) is 4.96 Å². The standard InChI is InChI=1S/C11H10N6OS2/c1-6-2-8(12)16-10(14-6)19-4-7-3-9(18)17-11(15-7)20-5-13-17/h2-3,5H,4H2,1H3,(H2,12,14,16). The largest absolute Gasteiger partial charge is 0.384 e. The first kappa shape index (κ1) is 13.0. The Bertz CT molecular complexity index is 807. The number of aryl methyl sites for hydroxylation is 1. The third kappa shape index (κ3) is 2.63. The van der Waals surface area contributed by atoms with Crippen molar-refractivity contribution >= 4 is 33.9 Å². The predicted octanol–water partition coefficient (Wildman–Crippen LogP) is 1.12. The van der Waals surface area contributed by atoms with E-state index in [1.165, 1.54) is 33.7 Å². The van der Waals surface area contributed by atoms with Crippen molar-refractivity contribution in [3.05, 3.63) is 39.4 Å². The molecule has 20 heavy (non-hydrogen) atoms. The van der Waals surface area contributed by atoms with Gasteiger partial charge < -0.3 is 5.73 Å². The summed E-state index contributed by atoms with van der Waals surface area (Å²) in [5.74, 6) is 0.943. The van der Waals surface area contributed by atoms with Crippen LogP contribution in [0.3, 0.4) is 0 Å². The topological polar surface area (TPSA) is 99.1 Å². The van der Waals surface area contributed by atoms with Crippen LogP contribution in [0.15, 0.2) is 27.6 Å². The molecule has 0 aliphatic rings. The molecule has 0 fully saturated rings. The van der Waals surface area contributed by atoms with E-state index in [2.05, 4.69) is 20.1 Å². The lowest BCUT2D eigenvalue weighted by molar-refractivity contribution is 0.887. The van der Waals surface area contributed by atoms with E-state index in [0.29, 0.717) is 27.4 Å². The smallest absolute Gasteiger partial charge is 0.275 e.